The highest BCUT2D eigenvalue weighted by Gasteiger charge is 2.18. The van der Waals surface area contributed by atoms with E-state index in [0.29, 0.717) is 18.1 Å². The van der Waals surface area contributed by atoms with Crippen molar-refractivity contribution in [1.82, 2.24) is 4.90 Å². The zero-order valence-corrected chi connectivity index (χ0v) is 11.9. The Morgan fingerprint density at radius 3 is 2.69 bits per heavy atom. The zero-order chi connectivity index (χ0) is 11.5. The first-order valence-corrected chi connectivity index (χ1v) is 8.11. The summed E-state index contributed by atoms with van der Waals surface area (Å²) in [6.07, 6.45) is 0. The fourth-order valence-electron chi connectivity index (χ4n) is 1.58. The van der Waals surface area contributed by atoms with Crippen molar-refractivity contribution in [3.05, 3.63) is 20.8 Å². The molecule has 16 heavy (non-hydrogen) atoms. The van der Waals surface area contributed by atoms with Gasteiger partial charge in [-0.1, -0.05) is 0 Å². The maximum Gasteiger partial charge on any atom is 0.186 e. The number of hydrogen-bond acceptors (Lipinski definition) is 4. The lowest BCUT2D eigenvalue weighted by molar-refractivity contribution is 0.0940. The van der Waals surface area contributed by atoms with Crippen molar-refractivity contribution >= 4 is 43.8 Å². The maximum atomic E-state index is 11.9. The molecule has 1 aromatic rings. The molecule has 1 aliphatic heterocycles. The average molecular weight is 322 g/mol. The van der Waals surface area contributed by atoms with Gasteiger partial charge in [0.15, 0.2) is 5.78 Å². The van der Waals surface area contributed by atoms with E-state index in [0.717, 1.165) is 21.8 Å². The average Bonchev–Trinajstić information content (AvgIpc) is 2.68. The van der Waals surface area contributed by atoms with Crippen LogP contribution in [0.1, 0.15) is 9.67 Å². The molecule has 0 aliphatic carbocycles. The summed E-state index contributed by atoms with van der Waals surface area (Å²) >= 11 is 4.81. The Bertz CT molecular complexity index is 409. The molecule has 2 heterocycles. The van der Waals surface area contributed by atoms with Crippen molar-refractivity contribution in [3.63, 3.8) is 0 Å². The lowest BCUT2D eigenvalue weighted by Gasteiger charge is -2.24. The SMILES string of the molecule is O=C(CN1CCS(=O)CC1)c1ccc(Br)s1. The van der Waals surface area contributed by atoms with Gasteiger partial charge in [-0.3, -0.25) is 13.9 Å². The molecule has 0 aromatic carbocycles. The number of nitrogens with zero attached hydrogens (tertiary/aromatic N) is 1. The summed E-state index contributed by atoms with van der Waals surface area (Å²) in [6.45, 7) is 1.99. The van der Waals surface area contributed by atoms with E-state index in [1.165, 1.54) is 11.3 Å². The van der Waals surface area contributed by atoms with Crippen LogP contribution in [0.15, 0.2) is 15.9 Å². The van der Waals surface area contributed by atoms with E-state index in [4.69, 9.17) is 0 Å². The van der Waals surface area contributed by atoms with Gasteiger partial charge < -0.3 is 0 Å². The van der Waals surface area contributed by atoms with Gasteiger partial charge in [-0.2, -0.15) is 0 Å². The minimum absolute atomic E-state index is 0.156. The second kappa shape index (κ2) is 5.53. The van der Waals surface area contributed by atoms with Crippen molar-refractivity contribution < 1.29 is 9.00 Å². The molecule has 6 heteroatoms. The molecule has 1 aliphatic rings. The normalized spacial score (nSPS) is 18.8. The predicted molar refractivity (Wildman–Crippen MR) is 70.7 cm³/mol. The van der Waals surface area contributed by atoms with Crippen molar-refractivity contribution in [2.75, 3.05) is 31.1 Å². The van der Waals surface area contributed by atoms with Crippen molar-refractivity contribution in [3.8, 4) is 0 Å². The van der Waals surface area contributed by atoms with Gasteiger partial charge in [-0.25, -0.2) is 0 Å². The number of ketones is 1. The highest BCUT2D eigenvalue weighted by molar-refractivity contribution is 9.11. The molecule has 0 amide bonds. The van der Waals surface area contributed by atoms with Gasteiger partial charge in [0.05, 0.1) is 15.2 Å². The van der Waals surface area contributed by atoms with E-state index in [1.807, 2.05) is 12.1 Å². The topological polar surface area (TPSA) is 37.4 Å². The highest BCUT2D eigenvalue weighted by atomic mass is 79.9. The summed E-state index contributed by atoms with van der Waals surface area (Å²) in [6, 6.07) is 3.74. The minimum atomic E-state index is -0.674. The third kappa shape index (κ3) is 3.23. The first-order valence-electron chi connectivity index (χ1n) is 5.01. The molecule has 0 N–H and O–H groups in total. The molecule has 1 aromatic heterocycles. The summed E-state index contributed by atoms with van der Waals surface area (Å²) < 4.78 is 12.1. The summed E-state index contributed by atoms with van der Waals surface area (Å²) in [4.78, 5) is 14.8. The lowest BCUT2D eigenvalue weighted by atomic mass is 10.3. The molecule has 0 atom stereocenters. The Hall–Kier alpha value is -0.0400. The summed E-state index contributed by atoms with van der Waals surface area (Å²) in [5, 5.41) is 0. The first kappa shape index (κ1) is 12.4. The molecule has 2 rings (SSSR count). The standard InChI is InChI=1S/C10H12BrNO2S2/c11-10-2-1-9(15-10)8(13)7-12-3-5-16(14)6-4-12/h1-2H,3-7H2. The van der Waals surface area contributed by atoms with Crippen LogP contribution in [0, 0.1) is 0 Å². The molecule has 0 unspecified atom stereocenters. The Kier molecular flexibility index (Phi) is 4.29. The van der Waals surface area contributed by atoms with Gasteiger partial charge in [-0.15, -0.1) is 11.3 Å². The molecule has 0 radical (unpaired) electrons. The Morgan fingerprint density at radius 1 is 1.44 bits per heavy atom. The van der Waals surface area contributed by atoms with Crippen LogP contribution in [0.4, 0.5) is 0 Å². The van der Waals surface area contributed by atoms with Crippen molar-refractivity contribution in [1.29, 1.82) is 0 Å². The van der Waals surface area contributed by atoms with E-state index in [-0.39, 0.29) is 5.78 Å². The second-order valence-electron chi connectivity index (χ2n) is 3.65. The van der Waals surface area contributed by atoms with Crippen LogP contribution >= 0.6 is 27.3 Å². The third-order valence-electron chi connectivity index (χ3n) is 2.49. The maximum absolute atomic E-state index is 11.9. The van der Waals surface area contributed by atoms with E-state index in [9.17, 15) is 9.00 Å². The quantitative estimate of drug-likeness (QED) is 0.796. The fourth-order valence-corrected chi connectivity index (χ4v) is 4.02. The summed E-state index contributed by atoms with van der Waals surface area (Å²) in [5.41, 5.74) is 0. The number of thiophene rings is 1. The molecule has 88 valence electrons. The van der Waals surface area contributed by atoms with Crippen molar-refractivity contribution in [2.24, 2.45) is 0 Å². The number of halogens is 1. The van der Waals surface area contributed by atoms with E-state index >= 15 is 0 Å². The molecule has 0 saturated carbocycles. The molecule has 1 fully saturated rings. The smallest absolute Gasteiger partial charge is 0.186 e. The van der Waals surface area contributed by atoms with Gasteiger partial charge in [-0.05, 0) is 28.1 Å². The van der Waals surface area contributed by atoms with Gasteiger partial charge in [0.2, 0.25) is 0 Å². The van der Waals surface area contributed by atoms with Crippen LogP contribution in [-0.2, 0) is 10.8 Å². The second-order valence-corrected chi connectivity index (χ2v) is 7.81. The number of carbonyl (C=O) groups is 1. The predicted octanol–water partition coefficient (Wildman–Crippen LogP) is 1.76. The van der Waals surface area contributed by atoms with E-state index in [2.05, 4.69) is 20.8 Å². The number of carbonyl (C=O) groups excluding carboxylic acids is 1. The van der Waals surface area contributed by atoms with Gasteiger partial charge in [0.1, 0.15) is 0 Å². The van der Waals surface area contributed by atoms with Crippen LogP contribution in [0.25, 0.3) is 0 Å². The third-order valence-corrected chi connectivity index (χ3v) is 5.43. The van der Waals surface area contributed by atoms with Gasteiger partial charge in [0.25, 0.3) is 0 Å². The lowest BCUT2D eigenvalue weighted by Crippen LogP contribution is -2.40. The summed E-state index contributed by atoms with van der Waals surface area (Å²) in [5.74, 6) is 1.55. The zero-order valence-electron chi connectivity index (χ0n) is 8.65. The number of Topliss-reactive ketones (excluding diaryl/α,β-unsaturated/α-hetero) is 1. The molecular formula is C10H12BrNO2S2. The highest BCUT2D eigenvalue weighted by Crippen LogP contribution is 2.22. The Morgan fingerprint density at radius 2 is 2.12 bits per heavy atom. The van der Waals surface area contributed by atoms with E-state index < -0.39 is 10.8 Å². The molecule has 0 bridgehead atoms. The summed E-state index contributed by atoms with van der Waals surface area (Å²) in [7, 11) is -0.674. The molecule has 0 spiro atoms. The van der Waals surface area contributed by atoms with Gasteiger partial charge >= 0.3 is 0 Å². The Balaban J connectivity index is 1.90. The van der Waals surface area contributed by atoms with E-state index in [1.54, 1.807) is 0 Å². The van der Waals surface area contributed by atoms with Crippen LogP contribution in [-0.4, -0.2) is 46.0 Å². The monoisotopic (exact) mass is 321 g/mol. The Labute approximate surface area is 109 Å². The van der Waals surface area contributed by atoms with Crippen molar-refractivity contribution in [2.45, 2.75) is 0 Å². The number of hydrogen-bond donors (Lipinski definition) is 0. The van der Waals surface area contributed by atoms with Crippen LogP contribution in [0.3, 0.4) is 0 Å². The van der Waals surface area contributed by atoms with Crippen LogP contribution in [0.2, 0.25) is 0 Å². The molecule has 1 saturated heterocycles. The van der Waals surface area contributed by atoms with Crippen LogP contribution in [0.5, 0.6) is 0 Å². The fraction of sp³-hybridized carbons (Fsp3) is 0.500. The molecule has 3 nitrogen and oxygen atoms in total. The van der Waals surface area contributed by atoms with Gasteiger partial charge in [0, 0.05) is 35.4 Å². The largest absolute Gasteiger partial charge is 0.294 e. The first-order chi connectivity index (χ1) is 7.65. The molecular weight excluding hydrogens is 310 g/mol. The van der Waals surface area contributed by atoms with Crippen LogP contribution < -0.4 is 0 Å². The number of rotatable bonds is 3. The minimum Gasteiger partial charge on any atom is -0.294 e.